The fourth-order valence-electron chi connectivity index (χ4n) is 2.50. The molecule has 0 aliphatic heterocycles. The van der Waals surface area contributed by atoms with E-state index >= 15 is 0 Å². The minimum absolute atomic E-state index is 0.610. The first-order valence-corrected chi connectivity index (χ1v) is 7.82. The van der Waals surface area contributed by atoms with Gasteiger partial charge in [-0.1, -0.05) is 48.9 Å². The van der Waals surface area contributed by atoms with Gasteiger partial charge in [0.2, 0.25) is 0 Å². The Balaban J connectivity index is 1.69. The van der Waals surface area contributed by atoms with Crippen LogP contribution in [0.25, 0.3) is 0 Å². The lowest BCUT2D eigenvalue weighted by Crippen LogP contribution is -2.32. The van der Waals surface area contributed by atoms with E-state index in [9.17, 15) is 0 Å². The molecule has 2 nitrogen and oxygen atoms in total. The van der Waals surface area contributed by atoms with Crippen molar-refractivity contribution in [3.63, 3.8) is 0 Å². The summed E-state index contributed by atoms with van der Waals surface area (Å²) in [5.74, 6) is 0.664. The Bertz CT molecular complexity index is 390. The third kappa shape index (κ3) is 5.21. The van der Waals surface area contributed by atoms with Crippen molar-refractivity contribution in [2.24, 2.45) is 0 Å². The van der Waals surface area contributed by atoms with Crippen LogP contribution in [-0.4, -0.2) is 19.2 Å². The van der Waals surface area contributed by atoms with Crippen LogP contribution in [-0.2, 0) is 0 Å². The maximum atomic E-state index is 6.04. The van der Waals surface area contributed by atoms with Crippen LogP contribution in [0.4, 0.5) is 0 Å². The van der Waals surface area contributed by atoms with Gasteiger partial charge in [-0.25, -0.2) is 0 Å². The molecule has 1 aliphatic rings. The largest absolute Gasteiger partial charge is 0.491 e. The molecule has 0 unspecified atom stereocenters. The quantitative estimate of drug-likeness (QED) is 0.629. The second kappa shape index (κ2) is 7.98. The van der Waals surface area contributed by atoms with Gasteiger partial charge in [0.15, 0.2) is 0 Å². The molecular weight excluding hydrogens is 281 g/mol. The van der Waals surface area contributed by atoms with E-state index in [1.807, 2.05) is 0 Å². The van der Waals surface area contributed by atoms with Gasteiger partial charge in [-0.05, 0) is 25.0 Å². The van der Waals surface area contributed by atoms with Crippen molar-refractivity contribution in [1.82, 2.24) is 5.32 Å². The zero-order chi connectivity index (χ0) is 13.5. The lowest BCUT2D eigenvalue weighted by Gasteiger charge is -2.16. The molecule has 0 bridgehead atoms. The van der Waals surface area contributed by atoms with E-state index in [0.717, 1.165) is 6.54 Å². The molecule has 106 valence electrons. The fraction of sp³-hybridized carbons (Fsp3) is 0.600. The number of hydrogen-bond donors (Lipinski definition) is 1. The number of rotatable bonds is 5. The van der Waals surface area contributed by atoms with Crippen molar-refractivity contribution in [1.29, 1.82) is 0 Å². The fourth-order valence-corrected chi connectivity index (χ4v) is 2.83. The predicted octanol–water partition coefficient (Wildman–Crippen LogP) is 4.68. The highest BCUT2D eigenvalue weighted by Crippen LogP contribution is 2.27. The van der Waals surface area contributed by atoms with Crippen LogP contribution in [0.2, 0.25) is 10.0 Å². The van der Waals surface area contributed by atoms with Gasteiger partial charge >= 0.3 is 0 Å². The third-order valence-corrected chi connectivity index (χ3v) is 4.09. The van der Waals surface area contributed by atoms with Gasteiger partial charge in [-0.15, -0.1) is 0 Å². The van der Waals surface area contributed by atoms with Crippen molar-refractivity contribution < 1.29 is 4.74 Å². The average molecular weight is 302 g/mol. The van der Waals surface area contributed by atoms with E-state index in [2.05, 4.69) is 5.32 Å². The van der Waals surface area contributed by atoms with Crippen molar-refractivity contribution in [3.8, 4) is 5.75 Å². The zero-order valence-corrected chi connectivity index (χ0v) is 12.6. The van der Waals surface area contributed by atoms with Crippen molar-refractivity contribution in [2.75, 3.05) is 13.2 Å². The highest BCUT2D eigenvalue weighted by atomic mass is 35.5. The molecule has 1 aliphatic carbocycles. The molecule has 0 amide bonds. The standard InChI is InChI=1S/C15H21Cl2NO/c16-12-7-8-14(17)15(11-12)19-10-9-18-13-5-3-1-2-4-6-13/h7-8,11,13,18H,1-6,9-10H2. The number of halogens is 2. The molecule has 0 heterocycles. The van der Waals surface area contributed by atoms with Crippen molar-refractivity contribution in [2.45, 2.75) is 44.6 Å². The second-order valence-electron chi connectivity index (χ2n) is 5.07. The minimum Gasteiger partial charge on any atom is -0.491 e. The molecule has 0 radical (unpaired) electrons. The summed E-state index contributed by atoms with van der Waals surface area (Å²) in [4.78, 5) is 0. The summed E-state index contributed by atoms with van der Waals surface area (Å²) in [7, 11) is 0. The van der Waals surface area contributed by atoms with Crippen LogP contribution in [0.15, 0.2) is 18.2 Å². The Kier molecular flexibility index (Phi) is 6.29. The highest BCUT2D eigenvalue weighted by Gasteiger charge is 2.11. The molecule has 1 N–H and O–H groups in total. The monoisotopic (exact) mass is 301 g/mol. The normalized spacial score (nSPS) is 17.2. The van der Waals surface area contributed by atoms with Gasteiger partial charge in [0.05, 0.1) is 5.02 Å². The van der Waals surface area contributed by atoms with Crippen LogP contribution in [0.5, 0.6) is 5.75 Å². The molecule has 19 heavy (non-hydrogen) atoms. The number of hydrogen-bond acceptors (Lipinski definition) is 2. The van der Waals surface area contributed by atoms with E-state index < -0.39 is 0 Å². The molecule has 1 aromatic rings. The first-order valence-electron chi connectivity index (χ1n) is 7.07. The van der Waals surface area contributed by atoms with Gasteiger partial charge < -0.3 is 10.1 Å². The van der Waals surface area contributed by atoms with Gasteiger partial charge in [-0.3, -0.25) is 0 Å². The molecule has 0 atom stereocenters. The predicted molar refractivity (Wildman–Crippen MR) is 81.4 cm³/mol. The van der Waals surface area contributed by atoms with Crippen LogP contribution < -0.4 is 10.1 Å². The average Bonchev–Trinajstić information content (AvgIpc) is 2.67. The van der Waals surface area contributed by atoms with Crippen LogP contribution in [0, 0.1) is 0 Å². The van der Waals surface area contributed by atoms with Crippen LogP contribution in [0.1, 0.15) is 38.5 Å². The topological polar surface area (TPSA) is 21.3 Å². The molecule has 0 aromatic heterocycles. The molecule has 0 saturated heterocycles. The summed E-state index contributed by atoms with van der Waals surface area (Å²) in [5, 5.41) is 4.82. The number of ether oxygens (including phenoxy) is 1. The van der Waals surface area contributed by atoms with Crippen LogP contribution in [0.3, 0.4) is 0 Å². The first-order chi connectivity index (χ1) is 9.25. The summed E-state index contributed by atoms with van der Waals surface area (Å²) in [6, 6.07) is 5.94. The maximum absolute atomic E-state index is 6.04. The number of benzene rings is 1. The summed E-state index contributed by atoms with van der Waals surface area (Å²) in [6.45, 7) is 1.48. The van der Waals surface area contributed by atoms with Crippen molar-refractivity contribution >= 4 is 23.2 Å². The second-order valence-corrected chi connectivity index (χ2v) is 5.91. The summed E-state index contributed by atoms with van der Waals surface area (Å²) in [5.41, 5.74) is 0. The molecule has 0 spiro atoms. The summed E-state index contributed by atoms with van der Waals surface area (Å²) >= 11 is 12.0. The molecular formula is C15H21Cl2NO. The van der Waals surface area contributed by atoms with Crippen molar-refractivity contribution in [3.05, 3.63) is 28.2 Å². The van der Waals surface area contributed by atoms with Gasteiger partial charge in [0.25, 0.3) is 0 Å². The minimum atomic E-state index is 0.610. The zero-order valence-electron chi connectivity index (χ0n) is 11.1. The maximum Gasteiger partial charge on any atom is 0.139 e. The van der Waals surface area contributed by atoms with Gasteiger partial charge in [0.1, 0.15) is 12.4 Å². The van der Waals surface area contributed by atoms with E-state index in [0.29, 0.717) is 28.4 Å². The van der Waals surface area contributed by atoms with Gasteiger partial charge in [-0.2, -0.15) is 0 Å². The first kappa shape index (κ1) is 15.0. The Labute approximate surface area is 125 Å². The van der Waals surface area contributed by atoms with E-state index in [1.54, 1.807) is 18.2 Å². The van der Waals surface area contributed by atoms with E-state index in [4.69, 9.17) is 27.9 Å². The highest BCUT2D eigenvalue weighted by molar-refractivity contribution is 6.34. The van der Waals surface area contributed by atoms with Crippen LogP contribution >= 0.6 is 23.2 Å². The smallest absolute Gasteiger partial charge is 0.139 e. The number of nitrogens with one attached hydrogen (secondary N) is 1. The van der Waals surface area contributed by atoms with Gasteiger partial charge in [0, 0.05) is 23.7 Å². The van der Waals surface area contributed by atoms with E-state index in [-0.39, 0.29) is 0 Å². The molecule has 2 rings (SSSR count). The Morgan fingerprint density at radius 2 is 1.84 bits per heavy atom. The molecule has 4 heteroatoms. The third-order valence-electron chi connectivity index (χ3n) is 3.54. The summed E-state index contributed by atoms with van der Waals surface area (Å²) in [6.07, 6.45) is 8.03. The Morgan fingerprint density at radius 3 is 2.58 bits per heavy atom. The SMILES string of the molecule is Clc1ccc(Cl)c(OCCNC2CCCCCC2)c1. The van der Waals surface area contributed by atoms with E-state index in [1.165, 1.54) is 38.5 Å². The lowest BCUT2D eigenvalue weighted by atomic mass is 10.1. The lowest BCUT2D eigenvalue weighted by molar-refractivity contribution is 0.300. The summed E-state index contributed by atoms with van der Waals surface area (Å²) < 4.78 is 5.66. The Hall–Kier alpha value is -0.440. The Morgan fingerprint density at radius 1 is 1.11 bits per heavy atom. The molecule has 1 fully saturated rings. The molecule has 1 aromatic carbocycles. The molecule has 1 saturated carbocycles.